The molecule has 0 radical (unpaired) electrons. The molecule has 5 heteroatoms. The number of rotatable bonds is 5. The van der Waals surface area contributed by atoms with Crippen molar-refractivity contribution in [2.24, 2.45) is 0 Å². The molecule has 5 nitrogen and oxygen atoms in total. The Labute approximate surface area is 113 Å². The van der Waals surface area contributed by atoms with Crippen molar-refractivity contribution < 1.29 is 14.3 Å². The van der Waals surface area contributed by atoms with E-state index in [1.807, 2.05) is 38.1 Å². The first-order chi connectivity index (χ1) is 9.08. The summed E-state index contributed by atoms with van der Waals surface area (Å²) in [5.74, 6) is -0.166. The Morgan fingerprint density at radius 1 is 1.32 bits per heavy atom. The lowest BCUT2D eigenvalue weighted by molar-refractivity contribution is -0.117. The number of hydrogen-bond donors (Lipinski definition) is 1. The largest absolute Gasteiger partial charge is 0.450 e. The molecule has 1 aromatic carbocycles. The molecule has 1 aromatic rings. The number of carbonyl (C=O) groups is 2. The van der Waals surface area contributed by atoms with Gasteiger partial charge in [-0.05, 0) is 38.5 Å². The van der Waals surface area contributed by atoms with Gasteiger partial charge in [-0.15, -0.1) is 0 Å². The van der Waals surface area contributed by atoms with Crippen LogP contribution in [0.1, 0.15) is 19.4 Å². The van der Waals surface area contributed by atoms with Crippen LogP contribution in [-0.2, 0) is 9.53 Å². The van der Waals surface area contributed by atoms with Crippen molar-refractivity contribution >= 4 is 17.7 Å². The third-order valence-corrected chi connectivity index (χ3v) is 2.59. The molecule has 104 valence electrons. The zero-order valence-electron chi connectivity index (χ0n) is 11.6. The van der Waals surface area contributed by atoms with E-state index in [-0.39, 0.29) is 19.1 Å². The molecule has 0 saturated carbocycles. The highest BCUT2D eigenvalue weighted by atomic mass is 16.5. The molecule has 0 fully saturated rings. The van der Waals surface area contributed by atoms with Crippen molar-refractivity contribution in [1.82, 2.24) is 5.32 Å². The topological polar surface area (TPSA) is 58.6 Å². The molecule has 0 atom stereocenters. The highest BCUT2D eigenvalue weighted by molar-refractivity contribution is 5.96. The molecule has 0 spiro atoms. The fourth-order valence-corrected chi connectivity index (χ4v) is 1.72. The molecule has 1 rings (SSSR count). The highest BCUT2D eigenvalue weighted by Crippen LogP contribution is 2.15. The summed E-state index contributed by atoms with van der Waals surface area (Å²) in [6, 6.07) is 7.68. The smallest absolute Gasteiger partial charge is 0.407 e. The molecule has 0 heterocycles. The van der Waals surface area contributed by atoms with Gasteiger partial charge in [0.2, 0.25) is 5.91 Å². The van der Waals surface area contributed by atoms with Crippen LogP contribution in [0.3, 0.4) is 0 Å². The van der Waals surface area contributed by atoms with Gasteiger partial charge in [0.15, 0.2) is 0 Å². The predicted octanol–water partition coefficient (Wildman–Crippen LogP) is 2.09. The molecule has 0 bridgehead atoms. The third kappa shape index (κ3) is 4.62. The van der Waals surface area contributed by atoms with E-state index >= 15 is 0 Å². The number of anilines is 1. The Kier molecular flexibility index (Phi) is 5.85. The molecular formula is C14H20N2O3. The van der Waals surface area contributed by atoms with E-state index in [1.54, 1.807) is 11.8 Å². The second-order valence-corrected chi connectivity index (χ2v) is 4.05. The lowest BCUT2D eigenvalue weighted by Crippen LogP contribution is -2.40. The number of nitrogens with zero attached hydrogens (tertiary/aromatic N) is 1. The van der Waals surface area contributed by atoms with E-state index in [4.69, 9.17) is 4.74 Å². The zero-order valence-corrected chi connectivity index (χ0v) is 11.6. The van der Waals surface area contributed by atoms with Crippen LogP contribution in [0.25, 0.3) is 0 Å². The number of nitrogens with one attached hydrogen (secondary N) is 1. The van der Waals surface area contributed by atoms with Crippen molar-refractivity contribution in [2.45, 2.75) is 20.8 Å². The van der Waals surface area contributed by atoms with Gasteiger partial charge in [0.1, 0.15) is 6.54 Å². The second-order valence-electron chi connectivity index (χ2n) is 4.05. The van der Waals surface area contributed by atoms with E-state index in [2.05, 4.69) is 5.32 Å². The molecule has 0 aliphatic heterocycles. The van der Waals surface area contributed by atoms with Crippen LogP contribution in [0.4, 0.5) is 10.5 Å². The average molecular weight is 264 g/mol. The van der Waals surface area contributed by atoms with Crippen LogP contribution in [0, 0.1) is 6.92 Å². The molecular weight excluding hydrogens is 244 g/mol. The van der Waals surface area contributed by atoms with Crippen LogP contribution in [-0.4, -0.2) is 31.7 Å². The van der Waals surface area contributed by atoms with E-state index in [0.29, 0.717) is 6.54 Å². The quantitative estimate of drug-likeness (QED) is 0.886. The van der Waals surface area contributed by atoms with Gasteiger partial charge in [-0.2, -0.15) is 0 Å². The number of amides is 2. The van der Waals surface area contributed by atoms with Crippen LogP contribution < -0.4 is 10.2 Å². The molecule has 0 aliphatic carbocycles. The van der Waals surface area contributed by atoms with Crippen molar-refractivity contribution in [3.63, 3.8) is 0 Å². The van der Waals surface area contributed by atoms with Gasteiger partial charge >= 0.3 is 6.09 Å². The fraction of sp³-hybridized carbons (Fsp3) is 0.429. The monoisotopic (exact) mass is 264 g/mol. The Balaban J connectivity index is 2.64. The maximum Gasteiger partial charge on any atom is 0.407 e. The van der Waals surface area contributed by atoms with Gasteiger partial charge in [-0.25, -0.2) is 4.79 Å². The summed E-state index contributed by atoms with van der Waals surface area (Å²) in [7, 11) is 0. The number of benzene rings is 1. The van der Waals surface area contributed by atoms with Gasteiger partial charge < -0.3 is 15.0 Å². The average Bonchev–Trinajstić information content (AvgIpc) is 2.38. The van der Waals surface area contributed by atoms with Gasteiger partial charge in [-0.3, -0.25) is 4.79 Å². The van der Waals surface area contributed by atoms with Gasteiger partial charge in [-0.1, -0.05) is 12.1 Å². The molecule has 1 N–H and O–H groups in total. The number of carbonyl (C=O) groups excluding carboxylic acids is 2. The summed E-state index contributed by atoms with van der Waals surface area (Å²) < 4.78 is 4.71. The lowest BCUT2D eigenvalue weighted by atomic mass is 10.2. The standard InChI is InChI=1S/C14H20N2O3/c1-4-16(12-8-6-7-11(3)9-12)13(17)10-15-14(18)19-5-2/h6-9H,4-5,10H2,1-3H3,(H,15,18). The first kappa shape index (κ1) is 15.0. The number of ether oxygens (including phenoxy) is 1. The van der Waals surface area contributed by atoms with E-state index in [1.165, 1.54) is 0 Å². The highest BCUT2D eigenvalue weighted by Gasteiger charge is 2.14. The fourth-order valence-electron chi connectivity index (χ4n) is 1.72. The Morgan fingerprint density at radius 2 is 2.05 bits per heavy atom. The molecule has 0 aromatic heterocycles. The predicted molar refractivity (Wildman–Crippen MR) is 74.2 cm³/mol. The minimum absolute atomic E-state index is 0.0688. The number of alkyl carbamates (subject to hydrolysis) is 1. The Bertz CT molecular complexity index is 446. The summed E-state index contributed by atoms with van der Waals surface area (Å²) >= 11 is 0. The number of likely N-dealkylation sites (N-methyl/N-ethyl adjacent to an activating group) is 1. The van der Waals surface area contributed by atoms with E-state index in [9.17, 15) is 9.59 Å². The van der Waals surface area contributed by atoms with Crippen LogP contribution in [0.2, 0.25) is 0 Å². The van der Waals surface area contributed by atoms with Crippen molar-refractivity contribution in [2.75, 3.05) is 24.6 Å². The minimum atomic E-state index is -0.573. The Hall–Kier alpha value is -2.04. The molecule has 0 unspecified atom stereocenters. The van der Waals surface area contributed by atoms with E-state index < -0.39 is 6.09 Å². The third-order valence-electron chi connectivity index (χ3n) is 2.59. The van der Waals surface area contributed by atoms with E-state index in [0.717, 1.165) is 11.3 Å². The molecule has 19 heavy (non-hydrogen) atoms. The summed E-state index contributed by atoms with van der Waals surface area (Å²) in [5, 5.41) is 2.43. The normalized spacial score (nSPS) is 9.84. The zero-order chi connectivity index (χ0) is 14.3. The summed E-state index contributed by atoms with van der Waals surface area (Å²) in [4.78, 5) is 24.8. The molecule has 0 saturated heterocycles. The maximum absolute atomic E-state index is 12.1. The molecule has 0 aliphatic rings. The summed E-state index contributed by atoms with van der Waals surface area (Å²) in [6.07, 6.45) is -0.573. The van der Waals surface area contributed by atoms with Crippen molar-refractivity contribution in [3.05, 3.63) is 29.8 Å². The minimum Gasteiger partial charge on any atom is -0.450 e. The van der Waals surface area contributed by atoms with Crippen LogP contribution in [0.15, 0.2) is 24.3 Å². The van der Waals surface area contributed by atoms with Gasteiger partial charge in [0, 0.05) is 12.2 Å². The van der Waals surface area contributed by atoms with Crippen LogP contribution in [0.5, 0.6) is 0 Å². The van der Waals surface area contributed by atoms with Crippen molar-refractivity contribution in [3.8, 4) is 0 Å². The molecule has 2 amide bonds. The first-order valence-corrected chi connectivity index (χ1v) is 6.36. The first-order valence-electron chi connectivity index (χ1n) is 6.36. The van der Waals surface area contributed by atoms with Crippen molar-refractivity contribution in [1.29, 1.82) is 0 Å². The maximum atomic E-state index is 12.1. The second kappa shape index (κ2) is 7.41. The van der Waals surface area contributed by atoms with Crippen LogP contribution >= 0.6 is 0 Å². The number of hydrogen-bond acceptors (Lipinski definition) is 3. The summed E-state index contributed by atoms with van der Waals surface area (Å²) in [5.41, 5.74) is 1.92. The number of aryl methyl sites for hydroxylation is 1. The van der Waals surface area contributed by atoms with Gasteiger partial charge in [0.05, 0.1) is 6.61 Å². The summed E-state index contributed by atoms with van der Waals surface area (Å²) in [6.45, 7) is 6.35. The lowest BCUT2D eigenvalue weighted by Gasteiger charge is -2.21. The SMILES string of the molecule is CCOC(=O)NCC(=O)N(CC)c1cccc(C)c1. The van der Waals surface area contributed by atoms with Gasteiger partial charge in [0.25, 0.3) is 0 Å². The Morgan fingerprint density at radius 3 is 2.63 bits per heavy atom.